The second-order valence-corrected chi connectivity index (χ2v) is 4.14. The van der Waals surface area contributed by atoms with Crippen molar-refractivity contribution < 1.29 is 13.2 Å². The highest BCUT2D eigenvalue weighted by molar-refractivity contribution is 5.11. The predicted octanol–water partition coefficient (Wildman–Crippen LogP) is 2.09. The molecule has 0 aromatic carbocycles. The summed E-state index contributed by atoms with van der Waals surface area (Å²) in [7, 11) is 0. The van der Waals surface area contributed by atoms with Gasteiger partial charge in [0.1, 0.15) is 5.54 Å². The Bertz CT molecular complexity index is 366. The molecule has 0 spiro atoms. The second kappa shape index (κ2) is 3.76. The third-order valence-electron chi connectivity index (χ3n) is 2.93. The summed E-state index contributed by atoms with van der Waals surface area (Å²) in [4.78, 5) is 0. The van der Waals surface area contributed by atoms with Crippen LogP contribution in [0.5, 0.6) is 0 Å². The number of hydrogen-bond acceptors (Lipinski definition) is 2. The zero-order valence-electron chi connectivity index (χ0n) is 9.01. The lowest BCUT2D eigenvalue weighted by atomic mass is 10.2. The predicted molar refractivity (Wildman–Crippen MR) is 52.8 cm³/mol. The number of aromatic nitrogens is 2. The molecule has 3 nitrogen and oxygen atoms in total. The van der Waals surface area contributed by atoms with Gasteiger partial charge in [0.2, 0.25) is 0 Å². The number of halogens is 3. The van der Waals surface area contributed by atoms with Crippen LogP contribution in [0.15, 0.2) is 12.4 Å². The lowest BCUT2D eigenvalue weighted by Gasteiger charge is -2.20. The van der Waals surface area contributed by atoms with Crippen LogP contribution < -0.4 is 5.32 Å². The average molecular weight is 233 g/mol. The largest absolute Gasteiger partial charge is 0.406 e. The van der Waals surface area contributed by atoms with E-state index < -0.39 is 11.7 Å². The molecule has 1 heterocycles. The van der Waals surface area contributed by atoms with Crippen molar-refractivity contribution in [2.24, 2.45) is 0 Å². The molecule has 1 aliphatic carbocycles. The van der Waals surface area contributed by atoms with Crippen LogP contribution in [-0.4, -0.2) is 21.5 Å². The summed E-state index contributed by atoms with van der Waals surface area (Å²) >= 11 is 0. The summed E-state index contributed by atoms with van der Waals surface area (Å²) in [6.45, 7) is 2.88. The molecular formula is C10H14F3N3. The van der Waals surface area contributed by atoms with Crippen molar-refractivity contribution in [2.75, 3.05) is 0 Å². The van der Waals surface area contributed by atoms with Crippen molar-refractivity contribution in [2.45, 2.75) is 44.6 Å². The second-order valence-electron chi connectivity index (χ2n) is 4.14. The number of nitrogens with zero attached hydrogens (tertiary/aromatic N) is 2. The topological polar surface area (TPSA) is 29.9 Å². The molecule has 0 bridgehead atoms. The van der Waals surface area contributed by atoms with E-state index in [4.69, 9.17) is 0 Å². The summed E-state index contributed by atoms with van der Waals surface area (Å²) in [6, 6.07) is 0. The zero-order chi connectivity index (χ0) is 11.8. The van der Waals surface area contributed by atoms with Crippen LogP contribution in [-0.2, 0) is 13.1 Å². The molecule has 16 heavy (non-hydrogen) atoms. The first kappa shape index (κ1) is 11.4. The van der Waals surface area contributed by atoms with Crippen LogP contribution in [0.25, 0.3) is 0 Å². The van der Waals surface area contributed by atoms with E-state index in [0.717, 1.165) is 12.1 Å². The van der Waals surface area contributed by atoms with E-state index >= 15 is 0 Å². The van der Waals surface area contributed by atoms with Gasteiger partial charge < -0.3 is 0 Å². The Morgan fingerprint density at radius 2 is 2.19 bits per heavy atom. The SMILES string of the molecule is CCn1cc(CNC2(C(F)(F)F)CC2)cn1. The van der Waals surface area contributed by atoms with E-state index in [1.807, 2.05) is 6.92 Å². The number of nitrogens with one attached hydrogen (secondary N) is 1. The summed E-state index contributed by atoms with van der Waals surface area (Å²) in [5.74, 6) is 0. The van der Waals surface area contributed by atoms with Crippen LogP contribution in [0.1, 0.15) is 25.3 Å². The van der Waals surface area contributed by atoms with Crippen LogP contribution in [0, 0.1) is 0 Å². The summed E-state index contributed by atoms with van der Waals surface area (Å²) in [6.07, 6.45) is -0.424. The Balaban J connectivity index is 1.93. The molecule has 0 unspecified atom stereocenters. The minimum absolute atomic E-state index is 0.179. The third kappa shape index (κ3) is 2.07. The van der Waals surface area contributed by atoms with Gasteiger partial charge in [0.05, 0.1) is 6.20 Å². The maximum Gasteiger partial charge on any atom is 0.406 e. The van der Waals surface area contributed by atoms with Gasteiger partial charge in [-0.05, 0) is 19.8 Å². The molecule has 1 saturated carbocycles. The van der Waals surface area contributed by atoms with E-state index in [1.54, 1.807) is 17.1 Å². The van der Waals surface area contributed by atoms with Crippen molar-refractivity contribution in [3.63, 3.8) is 0 Å². The lowest BCUT2D eigenvalue weighted by Crippen LogP contribution is -2.44. The fourth-order valence-electron chi connectivity index (χ4n) is 1.63. The minimum atomic E-state index is -4.15. The molecule has 0 atom stereocenters. The first-order valence-corrected chi connectivity index (χ1v) is 5.30. The molecular weight excluding hydrogens is 219 g/mol. The molecule has 0 radical (unpaired) electrons. The molecule has 1 aliphatic rings. The smallest absolute Gasteiger partial charge is 0.299 e. The van der Waals surface area contributed by atoms with Gasteiger partial charge in [0, 0.05) is 24.8 Å². The monoisotopic (exact) mass is 233 g/mol. The van der Waals surface area contributed by atoms with Gasteiger partial charge in [0.15, 0.2) is 0 Å². The normalized spacial score (nSPS) is 18.8. The maximum absolute atomic E-state index is 12.6. The number of aryl methyl sites for hydroxylation is 1. The summed E-state index contributed by atoms with van der Waals surface area (Å²) < 4.78 is 39.5. The van der Waals surface area contributed by atoms with Gasteiger partial charge in [-0.15, -0.1) is 0 Å². The van der Waals surface area contributed by atoms with Crippen molar-refractivity contribution >= 4 is 0 Å². The Labute approximate surface area is 91.6 Å². The molecule has 1 aromatic heterocycles. The molecule has 1 aromatic rings. The number of alkyl halides is 3. The molecule has 1 N–H and O–H groups in total. The highest BCUT2D eigenvalue weighted by Gasteiger charge is 2.62. The van der Waals surface area contributed by atoms with Gasteiger partial charge >= 0.3 is 6.18 Å². The Hall–Kier alpha value is -1.04. The Morgan fingerprint density at radius 1 is 1.50 bits per heavy atom. The van der Waals surface area contributed by atoms with Crippen LogP contribution >= 0.6 is 0 Å². The van der Waals surface area contributed by atoms with E-state index in [1.165, 1.54) is 0 Å². The molecule has 0 saturated heterocycles. The highest BCUT2D eigenvalue weighted by Crippen LogP contribution is 2.48. The van der Waals surface area contributed by atoms with Gasteiger partial charge in [-0.3, -0.25) is 10.00 Å². The number of rotatable bonds is 4. The average Bonchev–Trinajstić information content (AvgIpc) is 2.88. The Morgan fingerprint density at radius 3 is 2.62 bits per heavy atom. The summed E-state index contributed by atoms with van der Waals surface area (Å²) in [5, 5.41) is 6.60. The Kier molecular flexibility index (Phi) is 2.69. The van der Waals surface area contributed by atoms with Crippen LogP contribution in [0.4, 0.5) is 13.2 Å². The van der Waals surface area contributed by atoms with E-state index in [-0.39, 0.29) is 19.4 Å². The van der Waals surface area contributed by atoms with E-state index in [9.17, 15) is 13.2 Å². The number of hydrogen-bond donors (Lipinski definition) is 1. The molecule has 90 valence electrons. The lowest BCUT2D eigenvalue weighted by molar-refractivity contribution is -0.166. The van der Waals surface area contributed by atoms with Gasteiger partial charge in [-0.1, -0.05) is 0 Å². The van der Waals surface area contributed by atoms with Gasteiger partial charge in [-0.25, -0.2) is 0 Å². The first-order chi connectivity index (χ1) is 7.47. The summed E-state index contributed by atoms with van der Waals surface area (Å²) in [5.41, 5.74) is -0.848. The maximum atomic E-state index is 12.6. The highest BCUT2D eigenvalue weighted by atomic mass is 19.4. The van der Waals surface area contributed by atoms with Crippen molar-refractivity contribution in [1.29, 1.82) is 0 Å². The first-order valence-electron chi connectivity index (χ1n) is 5.30. The standard InChI is InChI=1S/C10H14F3N3/c1-2-16-7-8(6-15-16)5-14-9(3-4-9)10(11,12)13/h6-7,14H,2-5H2,1H3. The van der Waals surface area contributed by atoms with Crippen molar-refractivity contribution in [3.05, 3.63) is 18.0 Å². The molecule has 0 amide bonds. The fraction of sp³-hybridized carbons (Fsp3) is 0.700. The van der Waals surface area contributed by atoms with Crippen molar-refractivity contribution in [3.8, 4) is 0 Å². The molecule has 6 heteroatoms. The molecule has 2 rings (SSSR count). The van der Waals surface area contributed by atoms with E-state index in [0.29, 0.717) is 0 Å². The molecule has 1 fully saturated rings. The van der Waals surface area contributed by atoms with E-state index in [2.05, 4.69) is 10.4 Å². The van der Waals surface area contributed by atoms with Gasteiger partial charge in [-0.2, -0.15) is 18.3 Å². The fourth-order valence-corrected chi connectivity index (χ4v) is 1.63. The van der Waals surface area contributed by atoms with Gasteiger partial charge in [0.25, 0.3) is 0 Å². The quantitative estimate of drug-likeness (QED) is 0.863. The molecule has 0 aliphatic heterocycles. The third-order valence-corrected chi connectivity index (χ3v) is 2.93. The minimum Gasteiger partial charge on any atom is -0.299 e. The van der Waals surface area contributed by atoms with Crippen LogP contribution in [0.2, 0.25) is 0 Å². The zero-order valence-corrected chi connectivity index (χ0v) is 9.01. The van der Waals surface area contributed by atoms with Crippen LogP contribution in [0.3, 0.4) is 0 Å². The van der Waals surface area contributed by atoms with Crippen molar-refractivity contribution in [1.82, 2.24) is 15.1 Å².